The summed E-state index contributed by atoms with van der Waals surface area (Å²) >= 11 is 0. The van der Waals surface area contributed by atoms with E-state index in [0.717, 1.165) is 5.56 Å². The zero-order chi connectivity index (χ0) is 13.0. The quantitative estimate of drug-likeness (QED) is 0.837. The average Bonchev–Trinajstić information content (AvgIpc) is 2.43. The predicted octanol–water partition coefficient (Wildman–Crippen LogP) is 2.13. The maximum absolute atomic E-state index is 11.5. The minimum absolute atomic E-state index is 0.245. The number of ether oxygens (including phenoxy) is 1. The zero-order valence-electron chi connectivity index (χ0n) is 10.4. The molecular formula is C15H17NO2. The lowest BCUT2D eigenvalue weighted by molar-refractivity contribution is -0.145. The van der Waals surface area contributed by atoms with Crippen molar-refractivity contribution in [2.24, 2.45) is 11.7 Å². The lowest BCUT2D eigenvalue weighted by Crippen LogP contribution is -2.26. The standard InChI is InChI=1S/C15H17NO2/c1-18-15(17)14(10-16)9-11-6-7-12-4-2-3-5-13(12)8-11/h2-8,14H,9-10,16H2,1H3/t14-/m1/s1. The van der Waals surface area contributed by atoms with Crippen molar-refractivity contribution < 1.29 is 9.53 Å². The van der Waals surface area contributed by atoms with Crippen molar-refractivity contribution in [1.29, 1.82) is 0 Å². The number of nitrogens with two attached hydrogens (primary N) is 1. The van der Waals surface area contributed by atoms with Gasteiger partial charge in [0, 0.05) is 6.54 Å². The van der Waals surface area contributed by atoms with E-state index in [1.54, 1.807) is 0 Å². The number of carbonyl (C=O) groups excluding carboxylic acids is 1. The molecule has 2 rings (SSSR count). The van der Waals surface area contributed by atoms with Gasteiger partial charge in [-0.25, -0.2) is 0 Å². The van der Waals surface area contributed by atoms with Crippen LogP contribution in [-0.4, -0.2) is 19.6 Å². The van der Waals surface area contributed by atoms with Gasteiger partial charge in [-0.05, 0) is 22.8 Å². The van der Waals surface area contributed by atoms with Crippen molar-refractivity contribution in [3.8, 4) is 0 Å². The van der Waals surface area contributed by atoms with E-state index in [9.17, 15) is 4.79 Å². The van der Waals surface area contributed by atoms with Crippen LogP contribution in [0.3, 0.4) is 0 Å². The van der Waals surface area contributed by atoms with Gasteiger partial charge in [0.2, 0.25) is 0 Å². The number of carbonyl (C=O) groups is 1. The molecule has 0 saturated heterocycles. The SMILES string of the molecule is COC(=O)[C@@H](CN)Cc1ccc2ccccc2c1. The third kappa shape index (κ3) is 2.68. The molecule has 0 aliphatic heterocycles. The van der Waals surface area contributed by atoms with E-state index in [2.05, 4.69) is 24.3 Å². The number of hydrogen-bond acceptors (Lipinski definition) is 3. The summed E-state index contributed by atoms with van der Waals surface area (Å²) in [5.74, 6) is -0.512. The molecule has 0 saturated carbocycles. The van der Waals surface area contributed by atoms with Crippen LogP contribution >= 0.6 is 0 Å². The molecular weight excluding hydrogens is 226 g/mol. The fraction of sp³-hybridized carbons (Fsp3) is 0.267. The highest BCUT2D eigenvalue weighted by Gasteiger charge is 2.17. The Labute approximate surface area is 107 Å². The summed E-state index contributed by atoms with van der Waals surface area (Å²) < 4.78 is 4.74. The number of rotatable bonds is 4. The van der Waals surface area contributed by atoms with Crippen LogP contribution in [0.5, 0.6) is 0 Å². The molecule has 0 unspecified atom stereocenters. The van der Waals surface area contributed by atoms with Crippen molar-refractivity contribution in [2.75, 3.05) is 13.7 Å². The van der Waals surface area contributed by atoms with Gasteiger partial charge >= 0.3 is 5.97 Å². The third-order valence-corrected chi connectivity index (χ3v) is 3.12. The Hall–Kier alpha value is -1.87. The molecule has 3 nitrogen and oxygen atoms in total. The van der Waals surface area contributed by atoms with Crippen molar-refractivity contribution in [3.63, 3.8) is 0 Å². The first kappa shape index (κ1) is 12.6. The van der Waals surface area contributed by atoms with E-state index < -0.39 is 0 Å². The molecule has 0 spiro atoms. The fourth-order valence-electron chi connectivity index (χ4n) is 2.08. The fourth-order valence-corrected chi connectivity index (χ4v) is 2.08. The van der Waals surface area contributed by atoms with Gasteiger partial charge in [0.1, 0.15) is 0 Å². The second-order valence-electron chi connectivity index (χ2n) is 4.34. The molecule has 0 aliphatic rings. The highest BCUT2D eigenvalue weighted by atomic mass is 16.5. The summed E-state index contributed by atoms with van der Waals surface area (Å²) in [5, 5.41) is 2.37. The average molecular weight is 243 g/mol. The molecule has 94 valence electrons. The summed E-state index contributed by atoms with van der Waals surface area (Å²) in [6, 6.07) is 14.4. The van der Waals surface area contributed by atoms with Crippen molar-refractivity contribution in [1.82, 2.24) is 0 Å². The second-order valence-corrected chi connectivity index (χ2v) is 4.34. The van der Waals surface area contributed by atoms with Gasteiger partial charge in [-0.1, -0.05) is 42.5 Å². The molecule has 0 aliphatic carbocycles. The van der Waals surface area contributed by atoms with Crippen LogP contribution in [0.25, 0.3) is 10.8 Å². The topological polar surface area (TPSA) is 52.3 Å². The van der Waals surface area contributed by atoms with Crippen LogP contribution in [0.1, 0.15) is 5.56 Å². The first-order valence-electron chi connectivity index (χ1n) is 6.00. The van der Waals surface area contributed by atoms with Crippen LogP contribution < -0.4 is 5.73 Å². The van der Waals surface area contributed by atoms with E-state index in [4.69, 9.17) is 10.5 Å². The minimum Gasteiger partial charge on any atom is -0.469 e. The number of fused-ring (bicyclic) bond motifs is 1. The monoisotopic (exact) mass is 243 g/mol. The highest BCUT2D eigenvalue weighted by molar-refractivity contribution is 5.83. The summed E-state index contributed by atoms with van der Waals surface area (Å²) in [5.41, 5.74) is 6.71. The molecule has 1 atom stereocenters. The first-order chi connectivity index (χ1) is 8.74. The van der Waals surface area contributed by atoms with E-state index in [1.165, 1.54) is 17.9 Å². The van der Waals surface area contributed by atoms with Crippen LogP contribution in [0.2, 0.25) is 0 Å². The Kier molecular flexibility index (Phi) is 3.95. The molecule has 0 heterocycles. The largest absolute Gasteiger partial charge is 0.469 e. The van der Waals surface area contributed by atoms with Crippen molar-refractivity contribution in [3.05, 3.63) is 48.0 Å². The van der Waals surface area contributed by atoms with Crippen LogP contribution in [-0.2, 0) is 16.0 Å². The molecule has 0 aromatic heterocycles. The first-order valence-corrected chi connectivity index (χ1v) is 6.00. The molecule has 0 radical (unpaired) electrons. The third-order valence-electron chi connectivity index (χ3n) is 3.12. The molecule has 2 N–H and O–H groups in total. The normalized spacial score (nSPS) is 12.3. The van der Waals surface area contributed by atoms with Crippen molar-refractivity contribution in [2.45, 2.75) is 6.42 Å². The van der Waals surface area contributed by atoms with Gasteiger partial charge in [0.15, 0.2) is 0 Å². The predicted molar refractivity (Wildman–Crippen MR) is 72.2 cm³/mol. The maximum Gasteiger partial charge on any atom is 0.310 e. The Bertz CT molecular complexity index is 551. The van der Waals surface area contributed by atoms with Crippen LogP contribution in [0, 0.1) is 5.92 Å². The van der Waals surface area contributed by atoms with Crippen LogP contribution in [0.4, 0.5) is 0 Å². The molecule has 2 aromatic rings. The van der Waals surface area contributed by atoms with Gasteiger partial charge in [-0.2, -0.15) is 0 Å². The maximum atomic E-state index is 11.5. The van der Waals surface area contributed by atoms with Gasteiger partial charge in [0.25, 0.3) is 0 Å². The van der Waals surface area contributed by atoms with E-state index in [1.807, 2.05) is 18.2 Å². The smallest absolute Gasteiger partial charge is 0.310 e. The van der Waals surface area contributed by atoms with Gasteiger partial charge < -0.3 is 10.5 Å². The van der Waals surface area contributed by atoms with E-state index >= 15 is 0 Å². The summed E-state index contributed by atoms with van der Waals surface area (Å²) in [6.07, 6.45) is 0.619. The van der Waals surface area contributed by atoms with Gasteiger partial charge in [0.05, 0.1) is 13.0 Å². The van der Waals surface area contributed by atoms with E-state index in [-0.39, 0.29) is 11.9 Å². The molecule has 3 heteroatoms. The summed E-state index contributed by atoms with van der Waals surface area (Å²) in [6.45, 7) is 0.305. The van der Waals surface area contributed by atoms with Crippen molar-refractivity contribution >= 4 is 16.7 Å². The molecule has 0 amide bonds. The van der Waals surface area contributed by atoms with Crippen LogP contribution in [0.15, 0.2) is 42.5 Å². The number of methoxy groups -OCH3 is 1. The number of esters is 1. The zero-order valence-corrected chi connectivity index (χ0v) is 10.4. The minimum atomic E-state index is -0.267. The Morgan fingerprint density at radius 1 is 1.22 bits per heavy atom. The summed E-state index contributed by atoms with van der Waals surface area (Å²) in [7, 11) is 1.39. The van der Waals surface area contributed by atoms with Gasteiger partial charge in [-0.15, -0.1) is 0 Å². The van der Waals surface area contributed by atoms with E-state index in [0.29, 0.717) is 13.0 Å². The van der Waals surface area contributed by atoms with Gasteiger partial charge in [-0.3, -0.25) is 4.79 Å². The Morgan fingerprint density at radius 3 is 2.61 bits per heavy atom. The lowest BCUT2D eigenvalue weighted by Gasteiger charge is -2.12. The molecule has 2 aromatic carbocycles. The Balaban J connectivity index is 2.23. The summed E-state index contributed by atoms with van der Waals surface area (Å²) in [4.78, 5) is 11.5. The Morgan fingerprint density at radius 2 is 1.94 bits per heavy atom. The highest BCUT2D eigenvalue weighted by Crippen LogP contribution is 2.18. The molecule has 0 bridgehead atoms. The second kappa shape index (κ2) is 5.65. The lowest BCUT2D eigenvalue weighted by atomic mass is 9.97. The molecule has 18 heavy (non-hydrogen) atoms. The number of benzene rings is 2. The number of hydrogen-bond donors (Lipinski definition) is 1. The molecule has 0 fully saturated rings.